The van der Waals surface area contributed by atoms with E-state index in [-0.39, 0.29) is 0 Å². The molecule has 1 rings (SSSR count). The van der Waals surface area contributed by atoms with E-state index in [4.69, 9.17) is 0 Å². The molecule has 18 heavy (non-hydrogen) atoms. The molecule has 0 aliphatic carbocycles. The average Bonchev–Trinajstić information content (AvgIpc) is 2.42. The van der Waals surface area contributed by atoms with Gasteiger partial charge in [0.2, 0.25) is 0 Å². The van der Waals surface area contributed by atoms with Crippen LogP contribution in [0.2, 0.25) is 0 Å². The second kappa shape index (κ2) is 9.87. The maximum absolute atomic E-state index is 4.44. The van der Waals surface area contributed by atoms with Gasteiger partial charge in [0.25, 0.3) is 0 Å². The van der Waals surface area contributed by atoms with E-state index >= 15 is 0 Å². The molecule has 1 nitrogen and oxygen atoms in total. The predicted octanol–water partition coefficient (Wildman–Crippen LogP) is 5.41. The Morgan fingerprint density at radius 2 is 1.72 bits per heavy atom. The molecule has 0 atom stereocenters. The minimum absolute atomic E-state index is 1.09. The average molecular weight is 245 g/mol. The van der Waals surface area contributed by atoms with Crippen molar-refractivity contribution in [1.82, 2.24) is 4.98 Å². The Morgan fingerprint density at radius 3 is 2.39 bits per heavy atom. The van der Waals surface area contributed by atoms with Crippen molar-refractivity contribution >= 4 is 6.08 Å². The number of rotatable bonds is 10. The summed E-state index contributed by atoms with van der Waals surface area (Å²) < 4.78 is 0. The highest BCUT2D eigenvalue weighted by Gasteiger charge is 1.99. The zero-order chi connectivity index (χ0) is 13.1. The molecule has 1 aromatic rings. The van der Waals surface area contributed by atoms with Crippen molar-refractivity contribution < 1.29 is 0 Å². The number of hydrogen-bond donors (Lipinski definition) is 0. The van der Waals surface area contributed by atoms with Crippen molar-refractivity contribution in [3.05, 3.63) is 36.2 Å². The molecule has 0 fully saturated rings. The lowest BCUT2D eigenvalue weighted by molar-refractivity contribution is 0.574. The SMILES string of the molecule is C=Cc1cccnc1CCCCCCCCCC. The highest BCUT2D eigenvalue weighted by molar-refractivity contribution is 5.49. The third-order valence-electron chi connectivity index (χ3n) is 3.41. The molecular formula is C17H27N. The van der Waals surface area contributed by atoms with Gasteiger partial charge in [0, 0.05) is 11.9 Å². The van der Waals surface area contributed by atoms with Gasteiger partial charge in [-0.15, -0.1) is 0 Å². The first kappa shape index (κ1) is 14.9. The first-order valence-electron chi connectivity index (χ1n) is 7.44. The van der Waals surface area contributed by atoms with E-state index in [0.29, 0.717) is 0 Å². The Balaban J connectivity index is 2.09. The van der Waals surface area contributed by atoms with E-state index in [0.717, 1.165) is 6.42 Å². The summed E-state index contributed by atoms with van der Waals surface area (Å²) in [6.07, 6.45) is 15.8. The third-order valence-corrected chi connectivity index (χ3v) is 3.41. The van der Waals surface area contributed by atoms with Crippen LogP contribution in [0.4, 0.5) is 0 Å². The van der Waals surface area contributed by atoms with Crippen LogP contribution in [0.3, 0.4) is 0 Å². The summed E-state index contributed by atoms with van der Waals surface area (Å²) in [5, 5.41) is 0. The molecule has 0 radical (unpaired) electrons. The molecular weight excluding hydrogens is 218 g/mol. The number of unbranched alkanes of at least 4 members (excludes halogenated alkanes) is 7. The molecule has 0 saturated carbocycles. The number of aromatic nitrogens is 1. The zero-order valence-corrected chi connectivity index (χ0v) is 11.8. The van der Waals surface area contributed by atoms with E-state index in [1.807, 2.05) is 18.3 Å². The number of aryl methyl sites for hydroxylation is 1. The molecule has 1 heteroatoms. The molecule has 0 saturated heterocycles. The molecule has 100 valence electrons. The number of pyridine rings is 1. The van der Waals surface area contributed by atoms with Crippen LogP contribution in [-0.4, -0.2) is 4.98 Å². The lowest BCUT2D eigenvalue weighted by Crippen LogP contribution is -1.93. The van der Waals surface area contributed by atoms with Crippen LogP contribution in [0.5, 0.6) is 0 Å². The maximum atomic E-state index is 4.44. The quantitative estimate of drug-likeness (QED) is 0.502. The van der Waals surface area contributed by atoms with E-state index in [1.165, 1.54) is 62.6 Å². The van der Waals surface area contributed by atoms with E-state index in [1.54, 1.807) is 0 Å². The van der Waals surface area contributed by atoms with E-state index in [2.05, 4.69) is 24.6 Å². The van der Waals surface area contributed by atoms with Gasteiger partial charge in [-0.3, -0.25) is 4.98 Å². The largest absolute Gasteiger partial charge is 0.261 e. The lowest BCUT2D eigenvalue weighted by atomic mass is 10.0. The topological polar surface area (TPSA) is 12.9 Å². The Morgan fingerprint density at radius 1 is 1.06 bits per heavy atom. The maximum Gasteiger partial charge on any atom is 0.0475 e. The van der Waals surface area contributed by atoms with Crippen molar-refractivity contribution in [1.29, 1.82) is 0 Å². The fourth-order valence-electron chi connectivity index (χ4n) is 2.27. The van der Waals surface area contributed by atoms with Crippen LogP contribution in [0.1, 0.15) is 69.5 Å². The lowest BCUT2D eigenvalue weighted by Gasteiger charge is -2.04. The van der Waals surface area contributed by atoms with Gasteiger partial charge in [-0.25, -0.2) is 0 Å². The minimum Gasteiger partial charge on any atom is -0.261 e. The predicted molar refractivity (Wildman–Crippen MR) is 80.6 cm³/mol. The summed E-state index contributed by atoms with van der Waals surface area (Å²) in [6, 6.07) is 4.08. The van der Waals surface area contributed by atoms with Crippen molar-refractivity contribution in [2.75, 3.05) is 0 Å². The van der Waals surface area contributed by atoms with Crippen LogP contribution in [-0.2, 0) is 6.42 Å². The van der Waals surface area contributed by atoms with Crippen molar-refractivity contribution in [3.63, 3.8) is 0 Å². The van der Waals surface area contributed by atoms with Gasteiger partial charge in [0.1, 0.15) is 0 Å². The standard InChI is InChI=1S/C17H27N/c1-3-5-6-7-8-9-10-11-14-17-16(4-2)13-12-15-18-17/h4,12-13,15H,2-3,5-11,14H2,1H3. The summed E-state index contributed by atoms with van der Waals surface area (Å²) in [7, 11) is 0. The monoisotopic (exact) mass is 245 g/mol. The Kier molecular flexibility index (Phi) is 8.20. The molecule has 0 spiro atoms. The van der Waals surface area contributed by atoms with Crippen molar-refractivity contribution in [3.8, 4) is 0 Å². The van der Waals surface area contributed by atoms with Crippen molar-refractivity contribution in [2.24, 2.45) is 0 Å². The summed E-state index contributed by atoms with van der Waals surface area (Å²) in [5.74, 6) is 0. The van der Waals surface area contributed by atoms with Gasteiger partial charge in [-0.05, 0) is 24.5 Å². The molecule has 0 aliphatic rings. The first-order valence-corrected chi connectivity index (χ1v) is 7.44. The molecule has 0 bridgehead atoms. The summed E-state index contributed by atoms with van der Waals surface area (Å²) >= 11 is 0. The minimum atomic E-state index is 1.09. The van der Waals surface area contributed by atoms with Crippen LogP contribution >= 0.6 is 0 Å². The fourth-order valence-corrected chi connectivity index (χ4v) is 2.27. The Labute approximate surface area is 112 Å². The summed E-state index contributed by atoms with van der Waals surface area (Å²) in [6.45, 7) is 6.11. The second-order valence-electron chi connectivity index (χ2n) is 4.97. The van der Waals surface area contributed by atoms with Crippen LogP contribution in [0.25, 0.3) is 6.08 Å². The van der Waals surface area contributed by atoms with Crippen LogP contribution < -0.4 is 0 Å². The van der Waals surface area contributed by atoms with E-state index < -0.39 is 0 Å². The van der Waals surface area contributed by atoms with Gasteiger partial charge in [-0.2, -0.15) is 0 Å². The highest BCUT2D eigenvalue weighted by atomic mass is 14.7. The van der Waals surface area contributed by atoms with Gasteiger partial charge in [0.05, 0.1) is 0 Å². The van der Waals surface area contributed by atoms with Gasteiger partial charge in [-0.1, -0.05) is 70.6 Å². The molecule has 1 aromatic heterocycles. The molecule has 0 aromatic carbocycles. The summed E-state index contributed by atoms with van der Waals surface area (Å²) in [4.78, 5) is 4.44. The third kappa shape index (κ3) is 6.00. The molecule has 0 unspecified atom stereocenters. The molecule has 0 N–H and O–H groups in total. The number of hydrogen-bond acceptors (Lipinski definition) is 1. The zero-order valence-electron chi connectivity index (χ0n) is 11.8. The first-order chi connectivity index (χ1) is 8.88. The van der Waals surface area contributed by atoms with Gasteiger partial charge in [0.15, 0.2) is 0 Å². The summed E-state index contributed by atoms with van der Waals surface area (Å²) in [5.41, 5.74) is 2.40. The number of nitrogens with zero attached hydrogens (tertiary/aromatic N) is 1. The Bertz CT molecular complexity index is 330. The van der Waals surface area contributed by atoms with Crippen LogP contribution in [0, 0.1) is 0 Å². The van der Waals surface area contributed by atoms with Crippen molar-refractivity contribution in [2.45, 2.75) is 64.7 Å². The molecule has 0 aliphatic heterocycles. The second-order valence-corrected chi connectivity index (χ2v) is 4.97. The smallest absolute Gasteiger partial charge is 0.0475 e. The highest BCUT2D eigenvalue weighted by Crippen LogP contribution is 2.13. The normalized spacial score (nSPS) is 10.5. The van der Waals surface area contributed by atoms with E-state index in [9.17, 15) is 0 Å². The fraction of sp³-hybridized carbons (Fsp3) is 0.588. The molecule has 0 amide bonds. The van der Waals surface area contributed by atoms with Crippen LogP contribution in [0.15, 0.2) is 24.9 Å². The van der Waals surface area contributed by atoms with Gasteiger partial charge >= 0.3 is 0 Å². The van der Waals surface area contributed by atoms with Gasteiger partial charge < -0.3 is 0 Å². The molecule has 1 heterocycles. The Hall–Kier alpha value is -1.11.